The highest BCUT2D eigenvalue weighted by Crippen LogP contribution is 2.44. The van der Waals surface area contributed by atoms with Gasteiger partial charge in [-0.2, -0.15) is 0 Å². The van der Waals surface area contributed by atoms with Gasteiger partial charge in [0.25, 0.3) is 0 Å². The Hall–Kier alpha value is -2.02. The second kappa shape index (κ2) is 5.99. The van der Waals surface area contributed by atoms with Gasteiger partial charge in [0, 0.05) is 24.2 Å². The van der Waals surface area contributed by atoms with Gasteiger partial charge in [-0.15, -0.1) is 5.10 Å². The number of aromatic nitrogens is 3. The van der Waals surface area contributed by atoms with Crippen molar-refractivity contribution in [2.24, 2.45) is 0 Å². The summed E-state index contributed by atoms with van der Waals surface area (Å²) in [5.74, 6) is 0. The fourth-order valence-corrected chi connectivity index (χ4v) is 6.04. The SMILES string of the molecule is Brc1cc(Br)c2ccc3c(-n4nnc5ccccc54)cc(Br)c4ccc1c2c43. The van der Waals surface area contributed by atoms with Crippen molar-refractivity contribution < 1.29 is 0 Å². The molecule has 134 valence electrons. The van der Waals surface area contributed by atoms with Gasteiger partial charge in [0.05, 0.1) is 11.2 Å². The van der Waals surface area contributed by atoms with Crippen LogP contribution in [0.3, 0.4) is 0 Å². The molecule has 0 N–H and O–H groups in total. The van der Waals surface area contributed by atoms with Gasteiger partial charge in [0.1, 0.15) is 5.52 Å². The highest BCUT2D eigenvalue weighted by molar-refractivity contribution is 9.11. The summed E-state index contributed by atoms with van der Waals surface area (Å²) in [6, 6.07) is 21.0. The van der Waals surface area contributed by atoms with Crippen molar-refractivity contribution >= 4 is 91.1 Å². The lowest BCUT2D eigenvalue weighted by Gasteiger charge is -2.17. The van der Waals surface area contributed by atoms with Crippen LogP contribution in [0.15, 0.2) is 74.1 Å². The van der Waals surface area contributed by atoms with Crippen LogP contribution >= 0.6 is 47.8 Å². The Labute approximate surface area is 185 Å². The molecule has 0 aliphatic heterocycles. The van der Waals surface area contributed by atoms with Crippen molar-refractivity contribution in [1.82, 2.24) is 15.0 Å². The molecule has 6 heteroatoms. The largest absolute Gasteiger partial charge is 0.212 e. The van der Waals surface area contributed by atoms with Crippen LogP contribution < -0.4 is 0 Å². The predicted molar refractivity (Wildman–Crippen MR) is 126 cm³/mol. The number of para-hydroxylation sites is 1. The summed E-state index contributed by atoms with van der Waals surface area (Å²) < 4.78 is 5.12. The lowest BCUT2D eigenvalue weighted by Crippen LogP contribution is -1.99. The van der Waals surface area contributed by atoms with Gasteiger partial charge in [-0.1, -0.05) is 89.4 Å². The van der Waals surface area contributed by atoms with Crippen LogP contribution in [0.25, 0.3) is 49.0 Å². The predicted octanol–water partition coefficient (Wildman–Crippen LogP) is 7.61. The number of halogens is 3. The zero-order valence-electron chi connectivity index (χ0n) is 14.2. The molecule has 0 radical (unpaired) electrons. The Morgan fingerprint density at radius 3 is 1.93 bits per heavy atom. The lowest BCUT2D eigenvalue weighted by molar-refractivity contribution is 0.829. The van der Waals surface area contributed by atoms with E-state index < -0.39 is 0 Å². The molecule has 0 bridgehead atoms. The third-order valence-corrected chi connectivity index (χ3v) is 7.27. The molecule has 6 rings (SSSR count). The van der Waals surface area contributed by atoms with Gasteiger partial charge in [-0.05, 0) is 45.8 Å². The van der Waals surface area contributed by atoms with Crippen LogP contribution in [0.1, 0.15) is 0 Å². The van der Waals surface area contributed by atoms with E-state index in [-0.39, 0.29) is 0 Å². The molecule has 0 spiro atoms. The first-order valence-corrected chi connectivity index (χ1v) is 11.1. The third kappa shape index (κ3) is 2.19. The van der Waals surface area contributed by atoms with Gasteiger partial charge < -0.3 is 0 Å². The highest BCUT2D eigenvalue weighted by Gasteiger charge is 2.18. The molecular formula is C22H10Br3N3. The topological polar surface area (TPSA) is 30.7 Å². The Morgan fingerprint density at radius 1 is 0.643 bits per heavy atom. The fraction of sp³-hybridized carbons (Fsp3) is 0. The van der Waals surface area contributed by atoms with Crippen molar-refractivity contribution in [3.05, 3.63) is 74.1 Å². The minimum absolute atomic E-state index is 0.884. The number of hydrogen-bond donors (Lipinski definition) is 0. The van der Waals surface area contributed by atoms with Gasteiger partial charge in [-0.25, -0.2) is 4.68 Å². The van der Waals surface area contributed by atoms with Gasteiger partial charge in [0.15, 0.2) is 0 Å². The number of rotatable bonds is 1. The third-order valence-electron chi connectivity index (χ3n) is 5.31. The second-order valence-electron chi connectivity index (χ2n) is 6.78. The van der Waals surface area contributed by atoms with E-state index in [4.69, 9.17) is 0 Å². The highest BCUT2D eigenvalue weighted by atomic mass is 79.9. The van der Waals surface area contributed by atoms with Crippen LogP contribution in [0.4, 0.5) is 0 Å². The van der Waals surface area contributed by atoms with E-state index >= 15 is 0 Å². The molecule has 1 aromatic heterocycles. The van der Waals surface area contributed by atoms with Crippen molar-refractivity contribution in [3.63, 3.8) is 0 Å². The minimum Gasteiger partial charge on any atom is -0.212 e. The summed E-state index contributed by atoms with van der Waals surface area (Å²) in [4.78, 5) is 0. The van der Waals surface area contributed by atoms with Gasteiger partial charge in [-0.3, -0.25) is 0 Å². The number of nitrogens with zero attached hydrogens (tertiary/aromatic N) is 3. The number of hydrogen-bond acceptors (Lipinski definition) is 2. The van der Waals surface area contributed by atoms with E-state index in [2.05, 4.69) is 101 Å². The van der Waals surface area contributed by atoms with Crippen molar-refractivity contribution in [2.75, 3.05) is 0 Å². The summed E-state index contributed by atoms with van der Waals surface area (Å²) in [6.45, 7) is 0. The van der Waals surface area contributed by atoms with Gasteiger partial charge >= 0.3 is 0 Å². The average molecular weight is 556 g/mol. The average Bonchev–Trinajstić information content (AvgIpc) is 3.13. The van der Waals surface area contributed by atoms with Crippen molar-refractivity contribution in [3.8, 4) is 5.69 Å². The smallest absolute Gasteiger partial charge is 0.113 e. The Balaban J connectivity index is 1.86. The first-order valence-electron chi connectivity index (χ1n) is 8.69. The molecule has 6 aromatic rings. The summed E-state index contributed by atoms with van der Waals surface area (Å²) >= 11 is 11.3. The zero-order valence-corrected chi connectivity index (χ0v) is 19.0. The van der Waals surface area contributed by atoms with Gasteiger partial charge in [0.2, 0.25) is 0 Å². The first kappa shape index (κ1) is 16.9. The van der Waals surface area contributed by atoms with E-state index in [0.717, 1.165) is 35.5 Å². The monoisotopic (exact) mass is 553 g/mol. The summed E-state index contributed by atoms with van der Waals surface area (Å²) in [6.07, 6.45) is 0. The molecule has 28 heavy (non-hydrogen) atoms. The molecule has 0 aliphatic carbocycles. The molecule has 0 atom stereocenters. The summed E-state index contributed by atoms with van der Waals surface area (Å²) in [5, 5.41) is 16.0. The molecule has 5 aromatic carbocycles. The van der Waals surface area contributed by atoms with Crippen LogP contribution in [0.5, 0.6) is 0 Å². The quantitative estimate of drug-likeness (QED) is 0.196. The van der Waals surface area contributed by atoms with Crippen LogP contribution in [0, 0.1) is 0 Å². The zero-order chi connectivity index (χ0) is 19.0. The molecule has 1 heterocycles. The molecule has 0 aliphatic rings. The summed E-state index contributed by atoms with van der Waals surface area (Å²) in [7, 11) is 0. The van der Waals surface area contributed by atoms with E-state index in [0.29, 0.717) is 0 Å². The van der Waals surface area contributed by atoms with Crippen LogP contribution in [-0.2, 0) is 0 Å². The second-order valence-corrected chi connectivity index (χ2v) is 9.34. The van der Waals surface area contributed by atoms with E-state index in [1.807, 2.05) is 22.9 Å². The molecule has 0 unspecified atom stereocenters. The van der Waals surface area contributed by atoms with Crippen molar-refractivity contribution in [2.45, 2.75) is 0 Å². The van der Waals surface area contributed by atoms with Crippen molar-refractivity contribution in [1.29, 1.82) is 0 Å². The van der Waals surface area contributed by atoms with E-state index in [9.17, 15) is 0 Å². The fourth-order valence-electron chi connectivity index (χ4n) is 4.07. The number of benzene rings is 5. The molecule has 0 fully saturated rings. The maximum Gasteiger partial charge on any atom is 0.113 e. The molecule has 0 amide bonds. The normalized spacial score (nSPS) is 12.1. The Bertz CT molecular complexity index is 1530. The minimum atomic E-state index is 0.884. The van der Waals surface area contributed by atoms with Crippen LogP contribution in [-0.4, -0.2) is 15.0 Å². The first-order chi connectivity index (χ1) is 13.6. The molecule has 0 saturated heterocycles. The molecule has 0 saturated carbocycles. The summed E-state index contributed by atoms with van der Waals surface area (Å²) in [5.41, 5.74) is 2.89. The molecular weight excluding hydrogens is 546 g/mol. The number of fused-ring (bicyclic) bond motifs is 1. The Kier molecular flexibility index (Phi) is 3.61. The maximum absolute atomic E-state index is 4.45. The lowest BCUT2D eigenvalue weighted by atomic mass is 9.93. The van der Waals surface area contributed by atoms with E-state index in [1.54, 1.807) is 0 Å². The Morgan fingerprint density at radius 2 is 1.21 bits per heavy atom. The molecule has 3 nitrogen and oxygen atoms in total. The van der Waals surface area contributed by atoms with Crippen LogP contribution in [0.2, 0.25) is 0 Å². The maximum atomic E-state index is 4.45. The standard InChI is InChI=1S/C22H10Br3N3/c23-15-9-16(24)12-7-8-14-20(28-19-4-2-1-3-18(19)26-27-28)10-17(25)13-6-5-11(15)21(12)22(13)14/h1-10H. The van der Waals surface area contributed by atoms with E-state index in [1.165, 1.54) is 26.9 Å².